The predicted octanol–water partition coefficient (Wildman–Crippen LogP) is 2.96. The van der Waals surface area contributed by atoms with Crippen molar-refractivity contribution in [3.05, 3.63) is 35.9 Å². The standard InChI is InChI=1S/C17H26N2O/c1-2-15(14-9-5-3-6-10-14)16(20)19-13-17(18)11-7-4-8-12-17/h3,5-6,9-10,15H,2,4,7-8,11-13,18H2,1H3,(H,19,20). The van der Waals surface area contributed by atoms with Crippen LogP contribution in [0.3, 0.4) is 0 Å². The molecule has 3 N–H and O–H groups in total. The highest BCUT2D eigenvalue weighted by molar-refractivity contribution is 5.83. The van der Waals surface area contributed by atoms with Gasteiger partial charge in [-0.2, -0.15) is 0 Å². The Kier molecular flexibility index (Phi) is 5.18. The molecule has 0 heterocycles. The van der Waals surface area contributed by atoms with Gasteiger partial charge in [-0.15, -0.1) is 0 Å². The lowest BCUT2D eigenvalue weighted by Gasteiger charge is -2.34. The van der Waals surface area contributed by atoms with E-state index in [4.69, 9.17) is 5.73 Å². The Morgan fingerprint density at radius 2 is 1.90 bits per heavy atom. The van der Waals surface area contributed by atoms with Crippen LogP contribution >= 0.6 is 0 Å². The maximum absolute atomic E-state index is 12.4. The van der Waals surface area contributed by atoms with Crippen LogP contribution < -0.4 is 11.1 Å². The van der Waals surface area contributed by atoms with E-state index >= 15 is 0 Å². The van der Waals surface area contributed by atoms with E-state index in [0.29, 0.717) is 6.54 Å². The van der Waals surface area contributed by atoms with E-state index in [2.05, 4.69) is 12.2 Å². The average molecular weight is 274 g/mol. The summed E-state index contributed by atoms with van der Waals surface area (Å²) in [6.07, 6.45) is 6.50. The molecule has 1 aromatic carbocycles. The van der Waals surface area contributed by atoms with Gasteiger partial charge >= 0.3 is 0 Å². The molecule has 1 aromatic rings. The van der Waals surface area contributed by atoms with Crippen LogP contribution in [0.25, 0.3) is 0 Å². The molecule has 1 aliphatic rings. The molecule has 1 unspecified atom stereocenters. The van der Waals surface area contributed by atoms with Crippen LogP contribution in [0.4, 0.5) is 0 Å². The van der Waals surface area contributed by atoms with E-state index in [-0.39, 0.29) is 17.4 Å². The Morgan fingerprint density at radius 1 is 1.25 bits per heavy atom. The first-order valence-corrected chi connectivity index (χ1v) is 7.76. The van der Waals surface area contributed by atoms with Crippen LogP contribution in [-0.2, 0) is 4.79 Å². The van der Waals surface area contributed by atoms with Crippen molar-refractivity contribution in [2.45, 2.75) is 56.9 Å². The quantitative estimate of drug-likeness (QED) is 0.867. The average Bonchev–Trinajstić information content (AvgIpc) is 2.48. The van der Waals surface area contributed by atoms with E-state index in [1.807, 2.05) is 30.3 Å². The number of nitrogens with one attached hydrogen (secondary N) is 1. The third-order valence-corrected chi connectivity index (χ3v) is 4.39. The molecule has 0 bridgehead atoms. The molecule has 20 heavy (non-hydrogen) atoms. The summed E-state index contributed by atoms with van der Waals surface area (Å²) in [6, 6.07) is 9.98. The van der Waals surface area contributed by atoms with E-state index in [0.717, 1.165) is 24.8 Å². The molecule has 2 rings (SSSR count). The second-order valence-electron chi connectivity index (χ2n) is 6.01. The lowest BCUT2D eigenvalue weighted by molar-refractivity contribution is -0.123. The highest BCUT2D eigenvalue weighted by Crippen LogP contribution is 2.26. The van der Waals surface area contributed by atoms with E-state index in [1.54, 1.807) is 0 Å². The topological polar surface area (TPSA) is 55.1 Å². The van der Waals surface area contributed by atoms with Crippen LogP contribution in [0.1, 0.15) is 56.9 Å². The molecular weight excluding hydrogens is 248 g/mol. The summed E-state index contributed by atoms with van der Waals surface area (Å²) < 4.78 is 0. The van der Waals surface area contributed by atoms with Crippen LogP contribution in [0.5, 0.6) is 0 Å². The normalized spacial score (nSPS) is 19.3. The zero-order chi connectivity index (χ0) is 14.4. The second-order valence-corrected chi connectivity index (χ2v) is 6.01. The van der Waals surface area contributed by atoms with Crippen molar-refractivity contribution in [3.63, 3.8) is 0 Å². The lowest BCUT2D eigenvalue weighted by Crippen LogP contribution is -2.51. The molecule has 1 amide bonds. The molecule has 1 aliphatic carbocycles. The van der Waals surface area contributed by atoms with E-state index in [1.165, 1.54) is 19.3 Å². The second kappa shape index (κ2) is 6.89. The van der Waals surface area contributed by atoms with E-state index in [9.17, 15) is 4.79 Å². The Bertz CT molecular complexity index is 424. The summed E-state index contributed by atoms with van der Waals surface area (Å²) in [5.74, 6) is 0.0393. The molecule has 1 saturated carbocycles. The first kappa shape index (κ1) is 15.0. The molecule has 3 heteroatoms. The predicted molar refractivity (Wildman–Crippen MR) is 82.5 cm³/mol. The molecule has 0 aromatic heterocycles. The minimum atomic E-state index is -0.192. The smallest absolute Gasteiger partial charge is 0.227 e. The fourth-order valence-electron chi connectivity index (χ4n) is 3.08. The lowest BCUT2D eigenvalue weighted by atomic mass is 9.82. The monoisotopic (exact) mass is 274 g/mol. The number of carbonyl (C=O) groups is 1. The van der Waals surface area contributed by atoms with Crippen LogP contribution in [0, 0.1) is 0 Å². The van der Waals surface area contributed by atoms with Crippen molar-refractivity contribution >= 4 is 5.91 Å². The van der Waals surface area contributed by atoms with E-state index < -0.39 is 0 Å². The fraction of sp³-hybridized carbons (Fsp3) is 0.588. The third-order valence-electron chi connectivity index (χ3n) is 4.39. The number of carbonyl (C=O) groups excluding carboxylic acids is 1. The van der Waals surface area contributed by atoms with Crippen molar-refractivity contribution in [2.24, 2.45) is 5.73 Å². The number of amides is 1. The van der Waals surface area contributed by atoms with Gasteiger partial charge in [0.2, 0.25) is 5.91 Å². The third kappa shape index (κ3) is 3.83. The van der Waals surface area contributed by atoms with Crippen LogP contribution in [0.15, 0.2) is 30.3 Å². The van der Waals surface area contributed by atoms with Crippen molar-refractivity contribution in [2.75, 3.05) is 6.54 Å². The molecule has 1 fully saturated rings. The fourth-order valence-corrected chi connectivity index (χ4v) is 3.08. The van der Waals surface area contributed by atoms with Gasteiger partial charge in [-0.1, -0.05) is 56.5 Å². The number of nitrogens with two attached hydrogens (primary N) is 1. The summed E-state index contributed by atoms with van der Waals surface area (Å²) in [7, 11) is 0. The summed E-state index contributed by atoms with van der Waals surface area (Å²) in [6.45, 7) is 2.66. The minimum absolute atomic E-state index is 0.0663. The van der Waals surface area contributed by atoms with Crippen LogP contribution in [0.2, 0.25) is 0 Å². The number of hydrogen-bond acceptors (Lipinski definition) is 2. The first-order valence-electron chi connectivity index (χ1n) is 7.76. The highest BCUT2D eigenvalue weighted by Gasteiger charge is 2.29. The Labute approximate surface area is 121 Å². The van der Waals surface area contributed by atoms with Gasteiger partial charge in [0.25, 0.3) is 0 Å². The van der Waals surface area contributed by atoms with Crippen molar-refractivity contribution < 1.29 is 4.79 Å². The maximum atomic E-state index is 12.4. The van der Waals surface area contributed by atoms with Crippen molar-refractivity contribution in [1.29, 1.82) is 0 Å². The largest absolute Gasteiger partial charge is 0.354 e. The van der Waals surface area contributed by atoms with Crippen molar-refractivity contribution in [3.8, 4) is 0 Å². The van der Waals surface area contributed by atoms with Gasteiger partial charge in [-0.05, 0) is 24.8 Å². The summed E-state index contributed by atoms with van der Waals surface area (Å²) in [5, 5.41) is 3.08. The number of rotatable bonds is 5. The van der Waals surface area contributed by atoms with Gasteiger partial charge in [0.05, 0.1) is 5.92 Å². The van der Waals surface area contributed by atoms with Gasteiger partial charge in [-0.3, -0.25) is 4.79 Å². The highest BCUT2D eigenvalue weighted by atomic mass is 16.1. The summed E-state index contributed by atoms with van der Waals surface area (Å²) in [4.78, 5) is 12.4. The first-order chi connectivity index (χ1) is 9.64. The molecule has 0 spiro atoms. The molecule has 110 valence electrons. The zero-order valence-corrected chi connectivity index (χ0v) is 12.4. The molecule has 1 atom stereocenters. The Balaban J connectivity index is 1.93. The Morgan fingerprint density at radius 3 is 2.50 bits per heavy atom. The summed E-state index contributed by atoms with van der Waals surface area (Å²) in [5.41, 5.74) is 7.27. The van der Waals surface area contributed by atoms with Gasteiger partial charge in [0, 0.05) is 12.1 Å². The van der Waals surface area contributed by atoms with Gasteiger partial charge in [-0.25, -0.2) is 0 Å². The molecule has 0 radical (unpaired) electrons. The molecule has 3 nitrogen and oxygen atoms in total. The molecule has 0 saturated heterocycles. The van der Waals surface area contributed by atoms with Crippen LogP contribution in [-0.4, -0.2) is 18.0 Å². The van der Waals surface area contributed by atoms with Crippen molar-refractivity contribution in [1.82, 2.24) is 5.32 Å². The van der Waals surface area contributed by atoms with Gasteiger partial charge < -0.3 is 11.1 Å². The number of hydrogen-bond donors (Lipinski definition) is 2. The van der Waals surface area contributed by atoms with Gasteiger partial charge in [0.15, 0.2) is 0 Å². The SMILES string of the molecule is CCC(C(=O)NCC1(N)CCCCC1)c1ccccc1. The maximum Gasteiger partial charge on any atom is 0.227 e. The molecule has 0 aliphatic heterocycles. The van der Waals surface area contributed by atoms with Gasteiger partial charge in [0.1, 0.15) is 0 Å². The molecular formula is C17H26N2O. The number of benzene rings is 1. The summed E-state index contributed by atoms with van der Waals surface area (Å²) >= 11 is 0. The zero-order valence-electron chi connectivity index (χ0n) is 12.4. The minimum Gasteiger partial charge on any atom is -0.354 e. The Hall–Kier alpha value is -1.35.